The largest absolute Gasteiger partial charge is 0.458 e. The van der Waals surface area contributed by atoms with Crippen LogP contribution in [-0.2, 0) is 4.79 Å². The van der Waals surface area contributed by atoms with E-state index in [1.807, 2.05) is 12.1 Å². The molecule has 3 rings (SSSR count). The van der Waals surface area contributed by atoms with Crippen LogP contribution in [0.1, 0.15) is 21.9 Å². The van der Waals surface area contributed by atoms with E-state index >= 15 is 0 Å². The minimum Gasteiger partial charge on any atom is -0.458 e. The van der Waals surface area contributed by atoms with Gasteiger partial charge in [-0.15, -0.1) is 0 Å². The molecule has 4 heteroatoms. The molecule has 94 valence electrons. The SMILES string of the molecule is Cc1ccc(C(=O)C=C2C(=O)Nc3ccccc32)o1. The van der Waals surface area contributed by atoms with Gasteiger partial charge >= 0.3 is 0 Å². The smallest absolute Gasteiger partial charge is 0.256 e. The first-order valence-corrected chi connectivity index (χ1v) is 5.88. The predicted octanol–water partition coefficient (Wildman–Crippen LogP) is 2.81. The summed E-state index contributed by atoms with van der Waals surface area (Å²) in [6.07, 6.45) is 1.32. The van der Waals surface area contributed by atoms with Crippen LogP contribution in [0.15, 0.2) is 46.9 Å². The molecule has 2 heterocycles. The van der Waals surface area contributed by atoms with E-state index in [-0.39, 0.29) is 17.5 Å². The molecule has 1 aliphatic heterocycles. The quantitative estimate of drug-likeness (QED) is 0.661. The number of para-hydroxylation sites is 1. The van der Waals surface area contributed by atoms with Crippen LogP contribution < -0.4 is 5.32 Å². The van der Waals surface area contributed by atoms with Crippen molar-refractivity contribution in [2.24, 2.45) is 0 Å². The number of fused-ring (bicyclic) bond motifs is 1. The van der Waals surface area contributed by atoms with E-state index in [2.05, 4.69) is 5.32 Å². The number of anilines is 1. The van der Waals surface area contributed by atoms with Gasteiger partial charge < -0.3 is 9.73 Å². The Bertz CT molecular complexity index is 710. The first-order chi connectivity index (χ1) is 9.15. The van der Waals surface area contributed by atoms with Crippen molar-refractivity contribution >= 4 is 23.0 Å². The molecule has 4 nitrogen and oxygen atoms in total. The molecule has 0 saturated heterocycles. The molecule has 0 fully saturated rings. The summed E-state index contributed by atoms with van der Waals surface area (Å²) in [5, 5.41) is 2.72. The van der Waals surface area contributed by atoms with Crippen molar-refractivity contribution in [1.29, 1.82) is 0 Å². The van der Waals surface area contributed by atoms with Crippen molar-refractivity contribution in [3.05, 3.63) is 59.6 Å². The number of benzene rings is 1. The second-order valence-corrected chi connectivity index (χ2v) is 4.33. The van der Waals surface area contributed by atoms with Crippen LogP contribution in [0.2, 0.25) is 0 Å². The van der Waals surface area contributed by atoms with Crippen molar-refractivity contribution in [3.8, 4) is 0 Å². The number of hydrogen-bond acceptors (Lipinski definition) is 3. The average Bonchev–Trinajstić information content (AvgIpc) is 2.95. The molecule has 1 aliphatic rings. The second kappa shape index (κ2) is 4.24. The van der Waals surface area contributed by atoms with E-state index in [0.29, 0.717) is 11.3 Å². The lowest BCUT2D eigenvalue weighted by Gasteiger charge is -1.96. The maximum atomic E-state index is 12.0. The van der Waals surface area contributed by atoms with Crippen LogP contribution in [0.25, 0.3) is 5.57 Å². The number of allylic oxidation sites excluding steroid dienone is 1. The van der Waals surface area contributed by atoms with Crippen LogP contribution in [0.5, 0.6) is 0 Å². The van der Waals surface area contributed by atoms with Gasteiger partial charge in [-0.2, -0.15) is 0 Å². The third-order valence-electron chi connectivity index (χ3n) is 2.97. The minimum atomic E-state index is -0.310. The molecule has 0 unspecified atom stereocenters. The minimum absolute atomic E-state index is 0.238. The molecular weight excluding hydrogens is 242 g/mol. The fraction of sp³-hybridized carbons (Fsp3) is 0.0667. The van der Waals surface area contributed by atoms with Gasteiger partial charge in [-0.3, -0.25) is 9.59 Å². The third kappa shape index (κ3) is 1.97. The Kier molecular flexibility index (Phi) is 2.56. The van der Waals surface area contributed by atoms with Crippen LogP contribution >= 0.6 is 0 Å². The average molecular weight is 253 g/mol. The first kappa shape index (κ1) is 11.5. The Hall–Kier alpha value is -2.62. The summed E-state index contributed by atoms with van der Waals surface area (Å²) in [5.74, 6) is 0.327. The van der Waals surface area contributed by atoms with Crippen LogP contribution in [-0.4, -0.2) is 11.7 Å². The van der Waals surface area contributed by atoms with Gasteiger partial charge in [0, 0.05) is 17.3 Å². The number of furan rings is 1. The molecule has 1 amide bonds. The lowest BCUT2D eigenvalue weighted by molar-refractivity contribution is -0.110. The zero-order valence-corrected chi connectivity index (χ0v) is 10.3. The topological polar surface area (TPSA) is 59.3 Å². The van der Waals surface area contributed by atoms with Gasteiger partial charge in [0.05, 0.1) is 5.57 Å². The highest BCUT2D eigenvalue weighted by Crippen LogP contribution is 2.31. The molecule has 1 N–H and O–H groups in total. The molecule has 0 spiro atoms. The molecule has 1 aromatic heterocycles. The van der Waals surface area contributed by atoms with Crippen LogP contribution in [0, 0.1) is 6.92 Å². The highest BCUT2D eigenvalue weighted by molar-refractivity contribution is 6.34. The zero-order valence-electron chi connectivity index (χ0n) is 10.3. The Morgan fingerprint density at radius 3 is 2.74 bits per heavy atom. The molecule has 0 saturated carbocycles. The van der Waals surface area contributed by atoms with Crippen molar-refractivity contribution in [3.63, 3.8) is 0 Å². The second-order valence-electron chi connectivity index (χ2n) is 4.33. The summed E-state index contributed by atoms with van der Waals surface area (Å²) in [6, 6.07) is 10.6. The Labute approximate surface area is 109 Å². The number of ketones is 1. The fourth-order valence-electron chi connectivity index (χ4n) is 2.05. The van der Waals surface area contributed by atoms with Gasteiger partial charge in [0.15, 0.2) is 5.76 Å². The lowest BCUT2D eigenvalue weighted by Crippen LogP contribution is -2.05. The molecule has 19 heavy (non-hydrogen) atoms. The summed E-state index contributed by atoms with van der Waals surface area (Å²) in [4.78, 5) is 23.9. The predicted molar refractivity (Wildman–Crippen MR) is 70.8 cm³/mol. The first-order valence-electron chi connectivity index (χ1n) is 5.88. The maximum Gasteiger partial charge on any atom is 0.256 e. The van der Waals surface area contributed by atoms with E-state index in [4.69, 9.17) is 4.42 Å². The highest BCUT2D eigenvalue weighted by Gasteiger charge is 2.24. The number of aryl methyl sites for hydroxylation is 1. The number of hydrogen-bond donors (Lipinski definition) is 1. The maximum absolute atomic E-state index is 12.0. The van der Waals surface area contributed by atoms with Crippen molar-refractivity contribution in [2.45, 2.75) is 6.92 Å². The standard InChI is InChI=1S/C15H11NO3/c1-9-6-7-14(19-9)13(17)8-11-10-4-2-3-5-12(10)16-15(11)18/h2-8H,1H3,(H,16,18). The summed E-state index contributed by atoms with van der Waals surface area (Å²) < 4.78 is 5.25. The Morgan fingerprint density at radius 1 is 1.21 bits per heavy atom. The van der Waals surface area contributed by atoms with E-state index in [0.717, 1.165) is 11.3 Å². The number of carbonyl (C=O) groups excluding carboxylic acids is 2. The summed E-state index contributed by atoms with van der Waals surface area (Å²) in [6.45, 7) is 1.77. The van der Waals surface area contributed by atoms with Gasteiger partial charge in [0.25, 0.3) is 5.91 Å². The monoisotopic (exact) mass is 253 g/mol. The number of rotatable bonds is 2. The highest BCUT2D eigenvalue weighted by atomic mass is 16.3. The molecule has 1 aromatic carbocycles. The Balaban J connectivity index is 2.00. The van der Waals surface area contributed by atoms with Gasteiger partial charge in [0.1, 0.15) is 5.76 Å². The molecular formula is C15H11NO3. The number of nitrogens with one attached hydrogen (secondary N) is 1. The lowest BCUT2D eigenvalue weighted by atomic mass is 10.1. The number of amides is 1. The number of carbonyl (C=O) groups is 2. The normalized spacial score (nSPS) is 15.4. The third-order valence-corrected chi connectivity index (χ3v) is 2.97. The zero-order chi connectivity index (χ0) is 13.4. The van der Waals surface area contributed by atoms with Crippen molar-refractivity contribution in [1.82, 2.24) is 0 Å². The van der Waals surface area contributed by atoms with E-state index in [1.54, 1.807) is 31.2 Å². The summed E-state index contributed by atoms with van der Waals surface area (Å²) in [5.41, 5.74) is 1.83. The van der Waals surface area contributed by atoms with Gasteiger partial charge in [-0.25, -0.2) is 0 Å². The molecule has 0 radical (unpaired) electrons. The van der Waals surface area contributed by atoms with E-state index in [1.165, 1.54) is 6.08 Å². The van der Waals surface area contributed by atoms with Crippen LogP contribution in [0.4, 0.5) is 5.69 Å². The summed E-state index contributed by atoms with van der Waals surface area (Å²) in [7, 11) is 0. The summed E-state index contributed by atoms with van der Waals surface area (Å²) >= 11 is 0. The molecule has 0 bridgehead atoms. The Morgan fingerprint density at radius 2 is 2.00 bits per heavy atom. The van der Waals surface area contributed by atoms with Gasteiger partial charge in [-0.05, 0) is 25.1 Å². The van der Waals surface area contributed by atoms with Crippen molar-refractivity contribution in [2.75, 3.05) is 5.32 Å². The fourth-order valence-corrected chi connectivity index (χ4v) is 2.05. The van der Waals surface area contributed by atoms with Gasteiger partial charge in [-0.1, -0.05) is 18.2 Å². The van der Waals surface area contributed by atoms with Gasteiger partial charge in [0.2, 0.25) is 5.78 Å². The molecule has 0 atom stereocenters. The van der Waals surface area contributed by atoms with Crippen LogP contribution in [0.3, 0.4) is 0 Å². The van der Waals surface area contributed by atoms with Crippen molar-refractivity contribution < 1.29 is 14.0 Å². The molecule has 2 aromatic rings. The van der Waals surface area contributed by atoms with E-state index < -0.39 is 0 Å². The molecule has 0 aliphatic carbocycles. The van der Waals surface area contributed by atoms with E-state index in [9.17, 15) is 9.59 Å².